The van der Waals surface area contributed by atoms with Crippen molar-refractivity contribution in [2.24, 2.45) is 5.92 Å². The lowest BCUT2D eigenvalue weighted by molar-refractivity contribution is -0.139. The average Bonchev–Trinajstić information content (AvgIpc) is 3.13. The van der Waals surface area contributed by atoms with Gasteiger partial charge in [0.2, 0.25) is 5.91 Å². The SMILES string of the molecule is COC(=O)Cc1nnn(CC(=O)N[C@H](C)C2CC2)n1. The van der Waals surface area contributed by atoms with E-state index in [1.807, 2.05) is 6.92 Å². The number of nitrogens with zero attached hydrogens (tertiary/aromatic N) is 4. The summed E-state index contributed by atoms with van der Waals surface area (Å²) in [4.78, 5) is 23.9. The number of esters is 1. The highest BCUT2D eigenvalue weighted by Crippen LogP contribution is 2.32. The molecule has 1 aromatic heterocycles. The van der Waals surface area contributed by atoms with Crippen molar-refractivity contribution in [1.29, 1.82) is 0 Å². The van der Waals surface area contributed by atoms with Gasteiger partial charge in [-0.05, 0) is 30.9 Å². The number of amides is 1. The Bertz CT molecular complexity index is 469. The van der Waals surface area contributed by atoms with Gasteiger partial charge >= 0.3 is 5.97 Å². The monoisotopic (exact) mass is 267 g/mol. The van der Waals surface area contributed by atoms with Gasteiger partial charge in [0.05, 0.1) is 7.11 Å². The molecular formula is C11H17N5O3. The second kappa shape index (κ2) is 5.77. The van der Waals surface area contributed by atoms with Gasteiger partial charge in [-0.1, -0.05) is 0 Å². The van der Waals surface area contributed by atoms with Crippen LogP contribution in [0.15, 0.2) is 0 Å². The third kappa shape index (κ3) is 4.01. The van der Waals surface area contributed by atoms with Crippen molar-refractivity contribution in [2.45, 2.75) is 38.8 Å². The predicted molar refractivity (Wildman–Crippen MR) is 63.9 cm³/mol. The maximum absolute atomic E-state index is 11.7. The van der Waals surface area contributed by atoms with Crippen molar-refractivity contribution in [3.05, 3.63) is 5.82 Å². The topological polar surface area (TPSA) is 99.0 Å². The van der Waals surface area contributed by atoms with E-state index in [0.29, 0.717) is 5.92 Å². The lowest BCUT2D eigenvalue weighted by atomic mass is 10.2. The quantitative estimate of drug-likeness (QED) is 0.684. The van der Waals surface area contributed by atoms with Crippen LogP contribution in [0.25, 0.3) is 0 Å². The number of methoxy groups -OCH3 is 1. The second-order valence-electron chi connectivity index (χ2n) is 4.68. The molecule has 1 amide bonds. The van der Waals surface area contributed by atoms with Gasteiger partial charge in [-0.25, -0.2) is 0 Å². The lowest BCUT2D eigenvalue weighted by Crippen LogP contribution is -2.36. The zero-order valence-corrected chi connectivity index (χ0v) is 11.0. The molecule has 8 heteroatoms. The number of tetrazole rings is 1. The van der Waals surface area contributed by atoms with Gasteiger partial charge in [-0.2, -0.15) is 4.80 Å². The molecular weight excluding hydrogens is 250 g/mol. The summed E-state index contributed by atoms with van der Waals surface area (Å²) < 4.78 is 4.50. The molecule has 104 valence electrons. The Morgan fingerprint density at radius 3 is 2.89 bits per heavy atom. The minimum absolute atomic E-state index is 0.00519. The maximum Gasteiger partial charge on any atom is 0.313 e. The van der Waals surface area contributed by atoms with Crippen molar-refractivity contribution in [3.63, 3.8) is 0 Å². The summed E-state index contributed by atoms with van der Waals surface area (Å²) >= 11 is 0. The Morgan fingerprint density at radius 1 is 1.53 bits per heavy atom. The van der Waals surface area contributed by atoms with Crippen LogP contribution in [-0.2, 0) is 27.3 Å². The Labute approximate surface area is 110 Å². The summed E-state index contributed by atoms with van der Waals surface area (Å²) in [5.41, 5.74) is 0. The third-order valence-electron chi connectivity index (χ3n) is 3.03. The van der Waals surface area contributed by atoms with Gasteiger partial charge in [0.1, 0.15) is 13.0 Å². The van der Waals surface area contributed by atoms with Crippen LogP contribution in [-0.4, -0.2) is 45.2 Å². The molecule has 1 fully saturated rings. The van der Waals surface area contributed by atoms with Crippen LogP contribution in [0.1, 0.15) is 25.6 Å². The number of hydrogen-bond donors (Lipinski definition) is 1. The van der Waals surface area contributed by atoms with E-state index < -0.39 is 5.97 Å². The van der Waals surface area contributed by atoms with Gasteiger partial charge in [-0.3, -0.25) is 9.59 Å². The van der Waals surface area contributed by atoms with Gasteiger partial charge in [-0.15, -0.1) is 10.2 Å². The van der Waals surface area contributed by atoms with Gasteiger partial charge < -0.3 is 10.1 Å². The molecule has 1 atom stereocenters. The fourth-order valence-electron chi connectivity index (χ4n) is 1.76. The molecule has 19 heavy (non-hydrogen) atoms. The number of nitrogens with one attached hydrogen (secondary N) is 1. The van der Waals surface area contributed by atoms with E-state index >= 15 is 0 Å². The number of rotatable bonds is 6. The van der Waals surface area contributed by atoms with Crippen molar-refractivity contribution >= 4 is 11.9 Å². The molecule has 8 nitrogen and oxygen atoms in total. The highest BCUT2D eigenvalue weighted by Gasteiger charge is 2.28. The molecule has 0 radical (unpaired) electrons. The van der Waals surface area contributed by atoms with E-state index in [-0.39, 0.29) is 30.7 Å². The molecule has 0 saturated heterocycles. The molecule has 0 bridgehead atoms. The Morgan fingerprint density at radius 2 is 2.26 bits per heavy atom. The van der Waals surface area contributed by atoms with Crippen molar-refractivity contribution < 1.29 is 14.3 Å². The van der Waals surface area contributed by atoms with Crippen molar-refractivity contribution in [3.8, 4) is 0 Å². The first kappa shape index (κ1) is 13.4. The minimum atomic E-state index is -0.439. The first-order valence-corrected chi connectivity index (χ1v) is 6.21. The van der Waals surface area contributed by atoms with Crippen LogP contribution in [0.4, 0.5) is 0 Å². The van der Waals surface area contributed by atoms with Crippen molar-refractivity contribution in [1.82, 2.24) is 25.5 Å². The molecule has 2 rings (SSSR count). The molecule has 0 aromatic carbocycles. The van der Waals surface area contributed by atoms with E-state index in [1.165, 1.54) is 24.7 Å². The molecule has 1 heterocycles. The fraction of sp³-hybridized carbons (Fsp3) is 0.727. The minimum Gasteiger partial charge on any atom is -0.469 e. The molecule has 0 aliphatic heterocycles. The number of aromatic nitrogens is 4. The highest BCUT2D eigenvalue weighted by molar-refractivity contribution is 5.75. The zero-order valence-electron chi connectivity index (χ0n) is 11.0. The average molecular weight is 267 g/mol. The number of ether oxygens (including phenoxy) is 1. The van der Waals surface area contributed by atoms with Gasteiger partial charge in [0.15, 0.2) is 5.82 Å². The Hall–Kier alpha value is -1.99. The van der Waals surface area contributed by atoms with Crippen LogP contribution < -0.4 is 5.32 Å². The molecule has 1 saturated carbocycles. The number of carbonyl (C=O) groups excluding carboxylic acids is 2. The first-order valence-electron chi connectivity index (χ1n) is 6.21. The summed E-state index contributed by atoms with van der Waals surface area (Å²) in [5.74, 6) is 0.255. The smallest absolute Gasteiger partial charge is 0.313 e. The third-order valence-corrected chi connectivity index (χ3v) is 3.03. The maximum atomic E-state index is 11.7. The summed E-state index contributed by atoms with van der Waals surface area (Å²) in [6.45, 7) is 2.00. The predicted octanol–water partition coefficient (Wildman–Crippen LogP) is -0.697. The number of hydrogen-bond acceptors (Lipinski definition) is 6. The van der Waals surface area contributed by atoms with Crippen LogP contribution in [0.2, 0.25) is 0 Å². The number of carbonyl (C=O) groups is 2. The first-order chi connectivity index (χ1) is 9.08. The van der Waals surface area contributed by atoms with E-state index in [2.05, 4.69) is 25.5 Å². The Balaban J connectivity index is 1.81. The molecule has 1 N–H and O–H groups in total. The standard InChI is InChI=1S/C11H17N5O3/c1-7(8-3-4-8)12-10(17)6-16-14-9(13-15-16)5-11(18)19-2/h7-8H,3-6H2,1-2H3,(H,12,17)/t7-/m1/s1. The van der Waals surface area contributed by atoms with Crippen LogP contribution >= 0.6 is 0 Å². The highest BCUT2D eigenvalue weighted by atomic mass is 16.5. The second-order valence-corrected chi connectivity index (χ2v) is 4.68. The summed E-state index contributed by atoms with van der Waals surface area (Å²) in [7, 11) is 1.29. The largest absolute Gasteiger partial charge is 0.469 e. The van der Waals surface area contributed by atoms with E-state index in [4.69, 9.17) is 0 Å². The summed E-state index contributed by atoms with van der Waals surface area (Å²) in [5, 5.41) is 14.2. The van der Waals surface area contributed by atoms with E-state index in [1.54, 1.807) is 0 Å². The van der Waals surface area contributed by atoms with Gasteiger partial charge in [0.25, 0.3) is 0 Å². The van der Waals surface area contributed by atoms with E-state index in [0.717, 1.165) is 0 Å². The summed E-state index contributed by atoms with van der Waals surface area (Å²) in [6, 6.07) is 0.186. The van der Waals surface area contributed by atoms with Gasteiger partial charge in [0, 0.05) is 6.04 Å². The molecule has 0 unspecified atom stereocenters. The lowest BCUT2D eigenvalue weighted by Gasteiger charge is -2.11. The van der Waals surface area contributed by atoms with Crippen LogP contribution in [0, 0.1) is 5.92 Å². The summed E-state index contributed by atoms with van der Waals surface area (Å²) in [6.07, 6.45) is 2.30. The normalized spacial score (nSPS) is 15.9. The Kier molecular flexibility index (Phi) is 4.08. The molecule has 1 aliphatic rings. The zero-order chi connectivity index (χ0) is 13.8. The molecule has 1 aliphatic carbocycles. The van der Waals surface area contributed by atoms with Crippen LogP contribution in [0.3, 0.4) is 0 Å². The molecule has 1 aromatic rings. The van der Waals surface area contributed by atoms with Crippen LogP contribution in [0.5, 0.6) is 0 Å². The molecule has 0 spiro atoms. The van der Waals surface area contributed by atoms with E-state index in [9.17, 15) is 9.59 Å². The van der Waals surface area contributed by atoms with Crippen molar-refractivity contribution in [2.75, 3.05) is 7.11 Å². The fourth-order valence-corrected chi connectivity index (χ4v) is 1.76.